The van der Waals surface area contributed by atoms with Crippen LogP contribution in [0.1, 0.15) is 52.4 Å². The third-order valence-corrected chi connectivity index (χ3v) is 3.70. The average molecular weight is 441 g/mol. The molecule has 1 aliphatic carbocycles. The number of hydrogen-bond donors (Lipinski definition) is 2. The molecule has 1 saturated carbocycles. The highest BCUT2D eigenvalue weighted by molar-refractivity contribution is 14.0. The van der Waals surface area contributed by atoms with Gasteiger partial charge >= 0.3 is 0 Å². The van der Waals surface area contributed by atoms with Gasteiger partial charge in [0.15, 0.2) is 5.96 Å². The number of nitrogens with one attached hydrogen (secondary N) is 2. The van der Waals surface area contributed by atoms with E-state index in [1.807, 2.05) is 0 Å². The summed E-state index contributed by atoms with van der Waals surface area (Å²) in [7, 11) is 1.81. The van der Waals surface area contributed by atoms with E-state index in [2.05, 4.69) is 29.5 Å². The van der Waals surface area contributed by atoms with E-state index < -0.39 is 0 Å². The molecule has 0 aromatic rings. The molecule has 138 valence electrons. The smallest absolute Gasteiger partial charge is 0.190 e. The largest absolute Gasteiger partial charge is 0.381 e. The van der Waals surface area contributed by atoms with Crippen LogP contribution in [0.25, 0.3) is 0 Å². The van der Waals surface area contributed by atoms with Crippen LogP contribution in [0, 0.1) is 5.92 Å². The molecule has 0 saturated heterocycles. The van der Waals surface area contributed by atoms with Gasteiger partial charge in [0.25, 0.3) is 0 Å². The third kappa shape index (κ3) is 12.9. The number of hydrogen-bond acceptors (Lipinski definition) is 3. The summed E-state index contributed by atoms with van der Waals surface area (Å²) in [5.74, 6) is 1.47. The lowest BCUT2D eigenvalue weighted by molar-refractivity contribution is 0.0574. The van der Waals surface area contributed by atoms with E-state index >= 15 is 0 Å². The van der Waals surface area contributed by atoms with Crippen LogP contribution in [0.3, 0.4) is 0 Å². The van der Waals surface area contributed by atoms with Crippen LogP contribution in [0.2, 0.25) is 0 Å². The highest BCUT2D eigenvalue weighted by Crippen LogP contribution is 2.20. The van der Waals surface area contributed by atoms with Gasteiger partial charge < -0.3 is 20.1 Å². The molecular weight excluding hydrogens is 405 g/mol. The first-order valence-corrected chi connectivity index (χ1v) is 8.86. The van der Waals surface area contributed by atoms with Crippen molar-refractivity contribution in [3.05, 3.63) is 0 Å². The number of ether oxygens (including phenoxy) is 2. The van der Waals surface area contributed by atoms with Crippen LogP contribution >= 0.6 is 24.0 Å². The van der Waals surface area contributed by atoms with Gasteiger partial charge in [-0.2, -0.15) is 0 Å². The number of halogens is 1. The molecule has 0 heterocycles. The first kappa shape index (κ1) is 22.9. The van der Waals surface area contributed by atoms with Gasteiger partial charge in [0.2, 0.25) is 0 Å². The minimum atomic E-state index is 0. The van der Waals surface area contributed by atoms with E-state index in [1.54, 1.807) is 7.05 Å². The second-order valence-corrected chi connectivity index (χ2v) is 6.38. The second kappa shape index (κ2) is 15.4. The van der Waals surface area contributed by atoms with Gasteiger partial charge in [-0.1, -0.05) is 26.7 Å². The van der Waals surface area contributed by atoms with Crippen molar-refractivity contribution in [1.29, 1.82) is 0 Å². The fourth-order valence-corrected chi connectivity index (χ4v) is 2.50. The summed E-state index contributed by atoms with van der Waals surface area (Å²) >= 11 is 0. The number of nitrogens with zero attached hydrogens (tertiary/aromatic N) is 1. The van der Waals surface area contributed by atoms with Crippen molar-refractivity contribution in [3.8, 4) is 0 Å². The average Bonchev–Trinajstić information content (AvgIpc) is 3.01. The van der Waals surface area contributed by atoms with Gasteiger partial charge in [0.05, 0.1) is 6.10 Å². The Kier molecular flexibility index (Phi) is 15.4. The molecule has 5 nitrogen and oxygen atoms in total. The normalized spacial score (nSPS) is 15.7. The van der Waals surface area contributed by atoms with E-state index in [0.29, 0.717) is 12.0 Å². The quantitative estimate of drug-likeness (QED) is 0.224. The lowest BCUT2D eigenvalue weighted by atomic mass is 10.2. The van der Waals surface area contributed by atoms with Crippen LogP contribution in [0.5, 0.6) is 0 Å². The maximum absolute atomic E-state index is 5.85. The predicted molar refractivity (Wildman–Crippen MR) is 108 cm³/mol. The van der Waals surface area contributed by atoms with Crippen molar-refractivity contribution in [2.24, 2.45) is 10.9 Å². The van der Waals surface area contributed by atoms with Gasteiger partial charge in [-0.3, -0.25) is 4.99 Å². The molecule has 6 heteroatoms. The van der Waals surface area contributed by atoms with E-state index in [9.17, 15) is 0 Å². The summed E-state index contributed by atoms with van der Waals surface area (Å²) in [6.07, 6.45) is 7.70. The van der Waals surface area contributed by atoms with E-state index in [0.717, 1.165) is 51.7 Å². The van der Waals surface area contributed by atoms with Crippen molar-refractivity contribution in [1.82, 2.24) is 10.6 Å². The molecule has 2 N–H and O–H groups in total. The highest BCUT2D eigenvalue weighted by Gasteiger charge is 2.14. The minimum Gasteiger partial charge on any atom is -0.381 e. The third-order valence-electron chi connectivity index (χ3n) is 3.70. The maximum Gasteiger partial charge on any atom is 0.190 e. The van der Waals surface area contributed by atoms with Crippen molar-refractivity contribution in [3.63, 3.8) is 0 Å². The molecule has 1 fully saturated rings. The molecule has 0 amide bonds. The summed E-state index contributed by atoms with van der Waals surface area (Å²) < 4.78 is 11.4. The standard InChI is InChI=1S/C17H35N3O2.HI/c1-15(2)14-21-12-6-10-19-17(18-3)20-11-7-13-22-16-8-4-5-9-16;/h15-16H,4-14H2,1-3H3,(H2,18,19,20);1H. The Morgan fingerprint density at radius 1 is 1.09 bits per heavy atom. The first-order valence-electron chi connectivity index (χ1n) is 8.86. The molecule has 0 bridgehead atoms. The molecule has 0 radical (unpaired) electrons. The van der Waals surface area contributed by atoms with Crippen molar-refractivity contribution in [2.45, 2.75) is 58.5 Å². The second-order valence-electron chi connectivity index (χ2n) is 6.38. The van der Waals surface area contributed by atoms with E-state index in [-0.39, 0.29) is 24.0 Å². The van der Waals surface area contributed by atoms with Crippen molar-refractivity contribution >= 4 is 29.9 Å². The molecule has 0 unspecified atom stereocenters. The van der Waals surface area contributed by atoms with Crippen LogP contribution in [0.15, 0.2) is 4.99 Å². The molecule has 1 aliphatic rings. The molecule has 0 spiro atoms. The van der Waals surface area contributed by atoms with Crippen LogP contribution in [-0.2, 0) is 9.47 Å². The van der Waals surface area contributed by atoms with Crippen molar-refractivity contribution in [2.75, 3.05) is 40.0 Å². The Bertz CT molecular complexity index is 296. The van der Waals surface area contributed by atoms with Crippen LogP contribution < -0.4 is 10.6 Å². The molecule has 0 aromatic carbocycles. The maximum atomic E-state index is 5.85. The van der Waals surface area contributed by atoms with E-state index in [4.69, 9.17) is 9.47 Å². The van der Waals surface area contributed by atoms with Crippen LogP contribution in [-0.4, -0.2) is 52.0 Å². The molecule has 0 aliphatic heterocycles. The Labute approximate surface area is 159 Å². The molecule has 0 aromatic heterocycles. The fraction of sp³-hybridized carbons (Fsp3) is 0.941. The van der Waals surface area contributed by atoms with Gasteiger partial charge in [0, 0.05) is 40.0 Å². The first-order chi connectivity index (χ1) is 10.7. The van der Waals surface area contributed by atoms with Gasteiger partial charge in [-0.25, -0.2) is 0 Å². The topological polar surface area (TPSA) is 54.9 Å². The SMILES string of the molecule is CN=C(NCCCOCC(C)C)NCCCOC1CCCC1.I. The Balaban J connectivity index is 0.00000484. The molecular formula is C17H36IN3O2. The number of rotatable bonds is 11. The lowest BCUT2D eigenvalue weighted by Gasteiger charge is -2.14. The highest BCUT2D eigenvalue weighted by atomic mass is 127. The zero-order valence-corrected chi connectivity index (χ0v) is 17.4. The summed E-state index contributed by atoms with van der Waals surface area (Å²) in [4.78, 5) is 4.22. The van der Waals surface area contributed by atoms with Gasteiger partial charge in [-0.05, 0) is 31.6 Å². The van der Waals surface area contributed by atoms with Gasteiger partial charge in [-0.15, -0.1) is 24.0 Å². The van der Waals surface area contributed by atoms with Gasteiger partial charge in [0.1, 0.15) is 0 Å². The van der Waals surface area contributed by atoms with Crippen molar-refractivity contribution < 1.29 is 9.47 Å². The Hall–Kier alpha value is -0.0800. The Morgan fingerprint density at radius 3 is 2.26 bits per heavy atom. The predicted octanol–water partition coefficient (Wildman–Crippen LogP) is 3.18. The van der Waals surface area contributed by atoms with Crippen LogP contribution in [0.4, 0.5) is 0 Å². The zero-order valence-electron chi connectivity index (χ0n) is 15.1. The summed E-state index contributed by atoms with van der Waals surface area (Å²) in [6, 6.07) is 0. The number of aliphatic imine (C=N–C) groups is 1. The summed E-state index contributed by atoms with van der Waals surface area (Å²) in [5, 5.41) is 6.63. The fourth-order valence-electron chi connectivity index (χ4n) is 2.50. The zero-order chi connectivity index (χ0) is 16.0. The van der Waals surface area contributed by atoms with E-state index in [1.165, 1.54) is 25.7 Å². The molecule has 23 heavy (non-hydrogen) atoms. The summed E-state index contributed by atoms with van der Waals surface area (Å²) in [5.41, 5.74) is 0. The minimum absolute atomic E-state index is 0. The monoisotopic (exact) mass is 441 g/mol. The molecule has 1 rings (SSSR count). The number of guanidine groups is 1. The molecule has 0 atom stereocenters. The Morgan fingerprint density at radius 2 is 1.70 bits per heavy atom. The lowest BCUT2D eigenvalue weighted by Crippen LogP contribution is -2.38. The summed E-state index contributed by atoms with van der Waals surface area (Å²) in [6.45, 7) is 8.61.